The zero-order valence-electron chi connectivity index (χ0n) is 44.8. The van der Waals surface area contributed by atoms with E-state index in [4.69, 9.17) is 23.7 Å². The number of hydrogen-bond donors (Lipinski definition) is 5. The lowest BCUT2D eigenvalue weighted by Crippen LogP contribution is -2.32. The van der Waals surface area contributed by atoms with Crippen LogP contribution in [0, 0.1) is 0 Å². The minimum atomic E-state index is -5.35. The topological polar surface area (TPSA) is 364 Å². The number of carbonyl (C=O) groups is 1. The van der Waals surface area contributed by atoms with E-state index in [2.05, 4.69) is 0 Å². The van der Waals surface area contributed by atoms with E-state index in [0.29, 0.717) is 85.1 Å². The summed E-state index contributed by atoms with van der Waals surface area (Å²) in [6.07, 6.45) is 9.45. The van der Waals surface area contributed by atoms with Gasteiger partial charge in [-0.25, -0.2) is 8.42 Å². The number of anilines is 1. The fourth-order valence-corrected chi connectivity index (χ4v) is 13.7. The first-order chi connectivity index (χ1) is 37.9. The van der Waals surface area contributed by atoms with Gasteiger partial charge < -0.3 is 38.2 Å². The Balaban J connectivity index is 1.51. The van der Waals surface area contributed by atoms with Crippen LogP contribution >= 0.6 is 0 Å². The molecule has 24 nitrogen and oxygen atoms in total. The lowest BCUT2D eigenvalue weighted by molar-refractivity contribution is -0.441. The molecule has 5 N–H and O–H groups in total. The van der Waals surface area contributed by atoms with Crippen LogP contribution in [0.5, 0.6) is 0 Å². The van der Waals surface area contributed by atoms with Gasteiger partial charge in [-0.1, -0.05) is 30.7 Å². The van der Waals surface area contributed by atoms with E-state index in [0.717, 1.165) is 12.1 Å². The molecule has 0 spiro atoms. The third kappa shape index (κ3) is 15.8. The molecule has 2 atom stereocenters. The Morgan fingerprint density at radius 3 is 1.75 bits per heavy atom. The fraction of sp³-hybridized carbons (Fsp3) is 0.462. The van der Waals surface area contributed by atoms with E-state index in [1.807, 2.05) is 11.8 Å². The van der Waals surface area contributed by atoms with Gasteiger partial charge in [-0.2, -0.15) is 38.2 Å². The summed E-state index contributed by atoms with van der Waals surface area (Å²) in [5.74, 6) is -1.68. The second kappa shape index (κ2) is 26.7. The van der Waals surface area contributed by atoms with Crippen LogP contribution < -0.4 is 4.90 Å². The molecule has 4 aromatic carbocycles. The molecule has 0 amide bonds. The number of hydrogen-bond acceptors (Lipinski definition) is 18. The van der Waals surface area contributed by atoms with Crippen molar-refractivity contribution in [1.82, 2.24) is 0 Å². The maximum Gasteiger partial charge on any atom is 0.303 e. The summed E-state index contributed by atoms with van der Waals surface area (Å²) < 4.78 is 209. The van der Waals surface area contributed by atoms with Gasteiger partial charge >= 0.3 is 5.97 Å². The highest BCUT2D eigenvalue weighted by atomic mass is 32.2. The molecule has 0 fully saturated rings. The van der Waals surface area contributed by atoms with E-state index in [-0.39, 0.29) is 93.4 Å². The molecule has 2 aliphatic rings. The van der Waals surface area contributed by atoms with Crippen molar-refractivity contribution in [3.05, 3.63) is 95.7 Å². The first-order valence-corrected chi connectivity index (χ1v) is 32.7. The number of fused-ring (bicyclic) bond motifs is 6. The minimum absolute atomic E-state index is 0.0186. The maximum absolute atomic E-state index is 12.8. The Morgan fingerprint density at radius 2 is 1.19 bits per heavy atom. The van der Waals surface area contributed by atoms with Crippen molar-refractivity contribution in [2.45, 2.75) is 89.2 Å². The van der Waals surface area contributed by atoms with Crippen LogP contribution in [0.2, 0.25) is 0 Å². The molecule has 2 aliphatic heterocycles. The summed E-state index contributed by atoms with van der Waals surface area (Å²) in [5.41, 5.74) is 0.0782. The molecule has 0 bridgehead atoms. The maximum atomic E-state index is 12.8. The highest BCUT2D eigenvalue weighted by Gasteiger charge is 2.49. The highest BCUT2D eigenvalue weighted by Crippen LogP contribution is 2.54. The van der Waals surface area contributed by atoms with Crippen LogP contribution in [-0.4, -0.2) is 172 Å². The van der Waals surface area contributed by atoms with Gasteiger partial charge in [0.25, 0.3) is 40.5 Å². The molecule has 0 aliphatic carbocycles. The normalized spacial score (nSPS) is 18.6. The smallest absolute Gasteiger partial charge is 0.303 e. The van der Waals surface area contributed by atoms with Gasteiger partial charge in [-0.15, -0.1) is 0 Å². The number of carboxylic acids is 1. The van der Waals surface area contributed by atoms with Crippen LogP contribution in [0.25, 0.3) is 21.5 Å². The van der Waals surface area contributed by atoms with Gasteiger partial charge in [0.05, 0.1) is 65.5 Å². The average molecular weight is 1230 g/mol. The monoisotopic (exact) mass is 1230 g/mol. The van der Waals surface area contributed by atoms with Crippen molar-refractivity contribution >= 4 is 95.2 Å². The Hall–Kier alpha value is -5.09. The number of unbranched alkanes of at least 4 members (excludes halogenated alkanes) is 2. The largest absolute Gasteiger partial charge is 0.744 e. The van der Waals surface area contributed by atoms with Crippen molar-refractivity contribution in [1.29, 1.82) is 0 Å². The summed E-state index contributed by atoms with van der Waals surface area (Å²) in [6, 6.07) is 9.23. The molecule has 81 heavy (non-hydrogen) atoms. The molecular weight excluding hydrogens is 1160 g/mol. The Morgan fingerprint density at radius 1 is 0.617 bits per heavy atom. The summed E-state index contributed by atoms with van der Waals surface area (Å²) >= 11 is 0. The number of nitrogens with zero attached hydrogens (tertiary/aromatic N) is 2. The first kappa shape index (κ1) is 65.1. The Kier molecular flexibility index (Phi) is 21.4. The van der Waals surface area contributed by atoms with Crippen LogP contribution in [0.15, 0.2) is 104 Å². The predicted molar refractivity (Wildman–Crippen MR) is 296 cm³/mol. The summed E-state index contributed by atoms with van der Waals surface area (Å²) in [5, 5.41) is 9.14. The fourth-order valence-electron chi connectivity index (χ4n) is 10.5. The summed E-state index contributed by atoms with van der Waals surface area (Å²) in [4.78, 5) is 9.94. The lowest BCUT2D eigenvalue weighted by atomic mass is 9.74. The Labute approximate surface area is 471 Å². The SMILES string of the molecule is COCCOCCOCCOCCC1(C)\C(=C/C=C/C=C/C2=[N+](CCOC)c3ccc4c(S(=O)(=O)O)cc(S(=O)(=O)O)cc4c3C2(C)CCCS(=O)(=O)O)N(CCCCCC(=O)O)c2ccc3c(S(=O)(=O)[O-])cc(S(=O)(=O)O)cc3c21. The molecule has 446 valence electrons. The molecule has 2 unspecified atom stereocenters. The van der Waals surface area contributed by atoms with Gasteiger partial charge in [0.1, 0.15) is 21.6 Å². The molecule has 0 saturated heterocycles. The van der Waals surface area contributed by atoms with E-state index in [9.17, 15) is 74.8 Å². The van der Waals surface area contributed by atoms with E-state index >= 15 is 0 Å². The number of methoxy groups -OCH3 is 2. The average Bonchev–Trinajstić information content (AvgIpc) is 3.09. The van der Waals surface area contributed by atoms with Crippen molar-refractivity contribution in [3.63, 3.8) is 0 Å². The molecule has 29 heteroatoms. The predicted octanol–water partition coefficient (Wildman–Crippen LogP) is 5.81. The lowest BCUT2D eigenvalue weighted by Gasteiger charge is -2.31. The highest BCUT2D eigenvalue weighted by molar-refractivity contribution is 7.87. The van der Waals surface area contributed by atoms with Crippen LogP contribution in [0.1, 0.15) is 69.9 Å². The van der Waals surface area contributed by atoms with Crippen LogP contribution in [0.4, 0.5) is 11.4 Å². The van der Waals surface area contributed by atoms with Gasteiger partial charge in [0.15, 0.2) is 12.3 Å². The van der Waals surface area contributed by atoms with Crippen LogP contribution in [-0.2, 0) is 89.9 Å². The van der Waals surface area contributed by atoms with Crippen LogP contribution in [0.3, 0.4) is 0 Å². The molecule has 4 aromatic rings. The molecular formula is C52H66N2O22S5. The second-order valence-corrected chi connectivity index (χ2v) is 26.8. The molecule has 0 saturated carbocycles. The molecule has 6 rings (SSSR count). The third-order valence-electron chi connectivity index (χ3n) is 14.2. The second-order valence-electron chi connectivity index (χ2n) is 19.6. The van der Waals surface area contributed by atoms with Gasteiger partial charge in [-0.05, 0) is 110 Å². The quantitative estimate of drug-likeness (QED) is 0.0166. The van der Waals surface area contributed by atoms with Gasteiger partial charge in [0, 0.05) is 73.7 Å². The Bertz CT molecular complexity index is 3730. The van der Waals surface area contributed by atoms with E-state index in [1.54, 1.807) is 61.1 Å². The number of aliphatic carboxylic acids is 1. The number of benzene rings is 4. The minimum Gasteiger partial charge on any atom is -0.744 e. The molecule has 2 heterocycles. The third-order valence-corrected chi connectivity index (χ3v) is 18.4. The number of allylic oxidation sites excluding steroid dienone is 6. The molecule has 0 radical (unpaired) electrons. The van der Waals surface area contributed by atoms with Crippen molar-refractivity contribution in [2.24, 2.45) is 0 Å². The summed E-state index contributed by atoms with van der Waals surface area (Å²) in [6.45, 7) is 5.78. The number of rotatable bonds is 32. The van der Waals surface area contributed by atoms with Crippen molar-refractivity contribution < 1.29 is 103 Å². The van der Waals surface area contributed by atoms with E-state index in [1.165, 1.54) is 19.2 Å². The van der Waals surface area contributed by atoms with Crippen molar-refractivity contribution in [3.8, 4) is 0 Å². The van der Waals surface area contributed by atoms with E-state index < -0.39 is 92.7 Å². The standard InChI is InChI=1S/C52H66N2O22S5/c1-51(19-11-31-77(57,58)59)46(54(22-24-72-3)43-18-16-38-40(49(43)51)32-36(78(60,61)62)34-44(38)80(66,67)68)12-7-5-8-13-47-52(2,20-23-74-27-28-76-30-29-75-26-25-73-4)50-41-33-37(79(63,64)65)35-45(81(69,70)71)39(41)15-17-42(50)53(47)21-10-6-9-14-48(55)56/h5,7-8,12-13,15-18,32-35H,6,9-11,14,19-31H2,1-4H3,(H5-,55,56,57,58,59,60,61,62,63,64,65,66,67,68,69,70,71). The molecule has 0 aromatic heterocycles. The number of carboxylic acid groups (broad SMARTS) is 1. The number of ether oxygens (including phenoxy) is 5. The summed E-state index contributed by atoms with van der Waals surface area (Å²) in [7, 11) is -22.2. The zero-order valence-corrected chi connectivity index (χ0v) is 48.9. The van der Waals surface area contributed by atoms with Gasteiger partial charge in [-0.3, -0.25) is 23.0 Å². The first-order valence-electron chi connectivity index (χ1n) is 25.4. The van der Waals surface area contributed by atoms with Gasteiger partial charge in [0.2, 0.25) is 5.69 Å². The van der Waals surface area contributed by atoms with Crippen molar-refractivity contribution in [2.75, 3.05) is 90.8 Å². The zero-order chi connectivity index (χ0) is 59.8.